The Hall–Kier alpha value is -1.71. The van der Waals surface area contributed by atoms with E-state index in [9.17, 15) is 9.59 Å². The molecule has 0 aromatic carbocycles. The van der Waals surface area contributed by atoms with Crippen molar-refractivity contribution in [2.45, 2.75) is 19.8 Å². The van der Waals surface area contributed by atoms with Crippen LogP contribution in [0.5, 0.6) is 0 Å². The maximum Gasteiger partial charge on any atom is 0.224 e. The zero-order valence-corrected chi connectivity index (χ0v) is 7.99. The van der Waals surface area contributed by atoms with Crippen LogP contribution in [0.3, 0.4) is 0 Å². The highest BCUT2D eigenvalue weighted by atomic mass is 16.2. The molecule has 0 fully saturated rings. The third-order valence-corrected chi connectivity index (χ3v) is 1.65. The zero-order chi connectivity index (χ0) is 10.4. The van der Waals surface area contributed by atoms with Crippen molar-refractivity contribution in [2.24, 2.45) is 0 Å². The summed E-state index contributed by atoms with van der Waals surface area (Å²) in [6.07, 6.45) is 3.70. The Kier molecular flexibility index (Phi) is 3.79. The number of amides is 1. The van der Waals surface area contributed by atoms with E-state index in [1.807, 2.05) is 0 Å². The predicted molar refractivity (Wildman–Crippen MR) is 52.8 cm³/mol. The van der Waals surface area contributed by atoms with Gasteiger partial charge in [-0.05, 0) is 19.1 Å². The molecule has 0 saturated carbocycles. The van der Waals surface area contributed by atoms with Crippen molar-refractivity contribution in [3.05, 3.63) is 24.5 Å². The van der Waals surface area contributed by atoms with Crippen LogP contribution in [0, 0.1) is 0 Å². The molecule has 0 unspecified atom stereocenters. The normalized spacial score (nSPS) is 9.50. The quantitative estimate of drug-likeness (QED) is 0.784. The predicted octanol–water partition coefficient (Wildman–Crippen LogP) is 1.39. The minimum Gasteiger partial charge on any atom is -0.325 e. The number of carbonyl (C=O) groups excluding carboxylic acids is 2. The lowest BCUT2D eigenvalue weighted by atomic mass is 10.2. The molecule has 0 spiro atoms. The summed E-state index contributed by atoms with van der Waals surface area (Å²) in [5, 5.41) is 2.64. The molecule has 1 rings (SSSR count). The molecule has 1 amide bonds. The average Bonchev–Trinajstić information content (AvgIpc) is 2.16. The van der Waals surface area contributed by atoms with E-state index in [-0.39, 0.29) is 24.5 Å². The Balaban J connectivity index is 2.38. The van der Waals surface area contributed by atoms with Gasteiger partial charge in [0.05, 0.1) is 11.9 Å². The van der Waals surface area contributed by atoms with E-state index in [0.29, 0.717) is 5.69 Å². The van der Waals surface area contributed by atoms with Gasteiger partial charge in [-0.3, -0.25) is 9.78 Å². The fraction of sp³-hybridized carbons (Fsp3) is 0.300. The number of pyridine rings is 1. The summed E-state index contributed by atoms with van der Waals surface area (Å²) in [5.74, 6) is -0.139. The molecule has 0 saturated heterocycles. The van der Waals surface area contributed by atoms with Crippen molar-refractivity contribution in [1.82, 2.24) is 4.98 Å². The fourth-order valence-electron chi connectivity index (χ4n) is 0.950. The molecule has 0 atom stereocenters. The van der Waals surface area contributed by atoms with Gasteiger partial charge >= 0.3 is 0 Å². The molecule has 1 N–H and O–H groups in total. The van der Waals surface area contributed by atoms with E-state index in [2.05, 4.69) is 10.3 Å². The number of nitrogens with zero attached hydrogens (tertiary/aromatic N) is 1. The molecule has 1 aromatic rings. The van der Waals surface area contributed by atoms with Crippen LogP contribution < -0.4 is 5.32 Å². The Morgan fingerprint density at radius 1 is 1.43 bits per heavy atom. The number of Topliss-reactive ketones (excluding diaryl/α,β-unsaturated/α-hetero) is 1. The number of nitrogens with one attached hydrogen (secondary N) is 1. The van der Waals surface area contributed by atoms with Gasteiger partial charge in [-0.2, -0.15) is 0 Å². The molecule has 0 aliphatic carbocycles. The van der Waals surface area contributed by atoms with Crippen molar-refractivity contribution in [1.29, 1.82) is 0 Å². The smallest absolute Gasteiger partial charge is 0.224 e. The molecule has 14 heavy (non-hydrogen) atoms. The number of anilines is 1. The Morgan fingerprint density at radius 2 is 2.21 bits per heavy atom. The molecule has 0 bridgehead atoms. The molecule has 1 aromatic heterocycles. The second-order valence-corrected chi connectivity index (χ2v) is 2.99. The van der Waals surface area contributed by atoms with Gasteiger partial charge in [-0.15, -0.1) is 0 Å². The van der Waals surface area contributed by atoms with Crippen LogP contribution in [0.25, 0.3) is 0 Å². The molecular weight excluding hydrogens is 180 g/mol. The van der Waals surface area contributed by atoms with Crippen LogP contribution in [-0.2, 0) is 9.59 Å². The van der Waals surface area contributed by atoms with Crippen molar-refractivity contribution in [2.75, 3.05) is 5.32 Å². The summed E-state index contributed by atoms with van der Waals surface area (Å²) in [6.45, 7) is 1.47. The Morgan fingerprint density at radius 3 is 2.79 bits per heavy atom. The van der Waals surface area contributed by atoms with E-state index in [4.69, 9.17) is 0 Å². The van der Waals surface area contributed by atoms with E-state index in [1.54, 1.807) is 24.5 Å². The fourth-order valence-corrected chi connectivity index (χ4v) is 0.950. The van der Waals surface area contributed by atoms with Crippen LogP contribution in [-0.4, -0.2) is 16.7 Å². The lowest BCUT2D eigenvalue weighted by molar-refractivity contribution is -0.121. The summed E-state index contributed by atoms with van der Waals surface area (Å²) < 4.78 is 0. The zero-order valence-electron chi connectivity index (χ0n) is 7.99. The Labute approximate surface area is 82.3 Å². The summed E-state index contributed by atoms with van der Waals surface area (Å²) in [7, 11) is 0. The number of ketones is 1. The van der Waals surface area contributed by atoms with Crippen LogP contribution in [0.2, 0.25) is 0 Å². The number of rotatable bonds is 4. The lowest BCUT2D eigenvalue weighted by Gasteiger charge is -2.02. The van der Waals surface area contributed by atoms with E-state index >= 15 is 0 Å². The molecule has 0 aliphatic heterocycles. The van der Waals surface area contributed by atoms with Gasteiger partial charge in [0, 0.05) is 19.0 Å². The second kappa shape index (κ2) is 5.11. The largest absolute Gasteiger partial charge is 0.325 e. The maximum atomic E-state index is 11.2. The van der Waals surface area contributed by atoms with Gasteiger partial charge in [0.2, 0.25) is 5.91 Å². The minimum atomic E-state index is -0.159. The van der Waals surface area contributed by atoms with Gasteiger partial charge < -0.3 is 10.1 Å². The van der Waals surface area contributed by atoms with E-state index < -0.39 is 0 Å². The molecule has 74 valence electrons. The summed E-state index contributed by atoms with van der Waals surface area (Å²) in [4.78, 5) is 25.7. The molecule has 4 nitrogen and oxygen atoms in total. The molecule has 1 heterocycles. The first kappa shape index (κ1) is 10.4. The standard InChI is InChI=1S/C10H12N2O2/c1-8(13)4-5-10(14)12-9-3-2-6-11-7-9/h2-3,6-7H,4-5H2,1H3,(H,12,14). The van der Waals surface area contributed by atoms with Crippen LogP contribution in [0.1, 0.15) is 19.8 Å². The van der Waals surface area contributed by atoms with Crippen molar-refractivity contribution >= 4 is 17.4 Å². The lowest BCUT2D eigenvalue weighted by Crippen LogP contribution is -2.12. The highest BCUT2D eigenvalue weighted by molar-refractivity contribution is 5.92. The summed E-state index contributed by atoms with van der Waals surface area (Å²) in [5.41, 5.74) is 0.654. The number of aromatic nitrogens is 1. The third-order valence-electron chi connectivity index (χ3n) is 1.65. The van der Waals surface area contributed by atoms with Gasteiger partial charge in [-0.25, -0.2) is 0 Å². The van der Waals surface area contributed by atoms with Gasteiger partial charge in [-0.1, -0.05) is 0 Å². The first-order chi connectivity index (χ1) is 6.68. The minimum absolute atomic E-state index is 0.0198. The monoisotopic (exact) mass is 192 g/mol. The first-order valence-electron chi connectivity index (χ1n) is 4.38. The Bertz CT molecular complexity index is 322. The average molecular weight is 192 g/mol. The SMILES string of the molecule is CC(=O)CCC(=O)Nc1cccnc1. The number of hydrogen-bond acceptors (Lipinski definition) is 3. The number of hydrogen-bond donors (Lipinski definition) is 1. The van der Waals surface area contributed by atoms with E-state index in [1.165, 1.54) is 6.92 Å². The van der Waals surface area contributed by atoms with Crippen LogP contribution in [0.15, 0.2) is 24.5 Å². The molecule has 0 aliphatic rings. The molecule has 4 heteroatoms. The van der Waals surface area contributed by atoms with Crippen molar-refractivity contribution in [3.63, 3.8) is 0 Å². The summed E-state index contributed by atoms with van der Waals surface area (Å²) >= 11 is 0. The van der Waals surface area contributed by atoms with Crippen molar-refractivity contribution < 1.29 is 9.59 Å². The van der Waals surface area contributed by atoms with Gasteiger partial charge in [0.1, 0.15) is 5.78 Å². The van der Waals surface area contributed by atoms with Gasteiger partial charge in [0.15, 0.2) is 0 Å². The highest BCUT2D eigenvalue weighted by Crippen LogP contribution is 2.03. The first-order valence-corrected chi connectivity index (χ1v) is 4.38. The second-order valence-electron chi connectivity index (χ2n) is 2.99. The third kappa shape index (κ3) is 3.80. The van der Waals surface area contributed by atoms with E-state index in [0.717, 1.165) is 0 Å². The molecule has 0 radical (unpaired) electrons. The maximum absolute atomic E-state index is 11.2. The van der Waals surface area contributed by atoms with Crippen LogP contribution >= 0.6 is 0 Å². The summed E-state index contributed by atoms with van der Waals surface area (Å²) in [6, 6.07) is 3.49. The highest BCUT2D eigenvalue weighted by Gasteiger charge is 2.03. The number of carbonyl (C=O) groups is 2. The topological polar surface area (TPSA) is 59.1 Å². The molecular formula is C10H12N2O2. The van der Waals surface area contributed by atoms with Crippen molar-refractivity contribution in [3.8, 4) is 0 Å². The van der Waals surface area contributed by atoms with Gasteiger partial charge in [0.25, 0.3) is 0 Å². The van der Waals surface area contributed by atoms with Crippen LogP contribution in [0.4, 0.5) is 5.69 Å².